The summed E-state index contributed by atoms with van der Waals surface area (Å²) in [7, 11) is 0. The lowest BCUT2D eigenvalue weighted by molar-refractivity contribution is -0.115. The summed E-state index contributed by atoms with van der Waals surface area (Å²) in [5.74, 6) is -2.42. The molecule has 4 atom stereocenters. The first-order valence-corrected chi connectivity index (χ1v) is 8.14. The summed E-state index contributed by atoms with van der Waals surface area (Å²) in [5.41, 5.74) is 11.8. The van der Waals surface area contributed by atoms with Gasteiger partial charge in [0, 0.05) is 10.9 Å². The molecule has 23 heavy (non-hydrogen) atoms. The molecular formula is C15H14ClN5OS. The van der Waals surface area contributed by atoms with Gasteiger partial charge >= 0.3 is 0 Å². The SMILES string of the molecule is N#CC1C(SCC(N)=O)=N[C@@H](N)[C@H](C#N)[C@H]1c1ccccc1Cl. The molecule has 0 aliphatic carbocycles. The lowest BCUT2D eigenvalue weighted by atomic mass is 9.75. The maximum atomic E-state index is 11.0. The van der Waals surface area contributed by atoms with Gasteiger partial charge in [-0.15, -0.1) is 0 Å². The summed E-state index contributed by atoms with van der Waals surface area (Å²) in [6.07, 6.45) is -0.791. The minimum absolute atomic E-state index is 0.00377. The van der Waals surface area contributed by atoms with Crippen molar-refractivity contribution in [2.24, 2.45) is 28.3 Å². The first-order chi connectivity index (χ1) is 11.0. The summed E-state index contributed by atoms with van der Waals surface area (Å²) in [6, 6.07) is 11.3. The second kappa shape index (κ2) is 7.47. The molecule has 1 aromatic rings. The van der Waals surface area contributed by atoms with Crippen molar-refractivity contribution in [3.05, 3.63) is 34.9 Å². The second-order valence-electron chi connectivity index (χ2n) is 5.02. The van der Waals surface area contributed by atoms with Crippen molar-refractivity contribution in [2.45, 2.75) is 12.1 Å². The van der Waals surface area contributed by atoms with Gasteiger partial charge in [0.1, 0.15) is 12.1 Å². The Labute approximate surface area is 143 Å². The topological polar surface area (TPSA) is 129 Å². The van der Waals surface area contributed by atoms with E-state index in [-0.39, 0.29) is 5.75 Å². The molecule has 1 unspecified atom stereocenters. The molecule has 0 spiro atoms. The van der Waals surface area contributed by atoms with Gasteiger partial charge in [-0.1, -0.05) is 41.6 Å². The van der Waals surface area contributed by atoms with Gasteiger partial charge in [-0.25, -0.2) is 0 Å². The van der Waals surface area contributed by atoms with Gasteiger partial charge in [-0.05, 0) is 11.6 Å². The Balaban J connectivity index is 2.48. The minimum atomic E-state index is -0.791. The second-order valence-corrected chi connectivity index (χ2v) is 6.42. The number of primary amides is 1. The summed E-state index contributed by atoms with van der Waals surface area (Å²) in [6.45, 7) is 0. The van der Waals surface area contributed by atoms with Gasteiger partial charge < -0.3 is 11.5 Å². The van der Waals surface area contributed by atoms with Crippen LogP contribution < -0.4 is 11.5 Å². The minimum Gasteiger partial charge on any atom is -0.369 e. The summed E-state index contributed by atoms with van der Waals surface area (Å²) < 4.78 is 0. The Kier molecular flexibility index (Phi) is 5.62. The summed E-state index contributed by atoms with van der Waals surface area (Å²) >= 11 is 7.32. The number of hydrogen-bond donors (Lipinski definition) is 2. The Bertz CT molecular complexity index is 723. The van der Waals surface area contributed by atoms with Gasteiger partial charge in [-0.2, -0.15) is 10.5 Å². The van der Waals surface area contributed by atoms with Crippen LogP contribution in [-0.2, 0) is 4.79 Å². The normalized spacial score (nSPS) is 26.7. The fourth-order valence-electron chi connectivity index (χ4n) is 2.56. The third kappa shape index (κ3) is 3.65. The molecule has 0 bridgehead atoms. The van der Waals surface area contributed by atoms with Crippen LogP contribution in [0.2, 0.25) is 5.02 Å². The fourth-order valence-corrected chi connectivity index (χ4v) is 3.69. The maximum absolute atomic E-state index is 11.0. The van der Waals surface area contributed by atoms with Crippen LogP contribution in [0.25, 0.3) is 0 Å². The number of nitrogens with zero attached hydrogens (tertiary/aromatic N) is 3. The zero-order valence-electron chi connectivity index (χ0n) is 12.0. The Morgan fingerprint density at radius 3 is 2.61 bits per heavy atom. The molecule has 118 valence electrons. The highest BCUT2D eigenvalue weighted by Gasteiger charge is 2.42. The van der Waals surface area contributed by atoms with E-state index in [9.17, 15) is 15.3 Å². The average molecular weight is 348 g/mol. The molecule has 0 fully saturated rings. The zero-order chi connectivity index (χ0) is 17.0. The zero-order valence-corrected chi connectivity index (χ0v) is 13.6. The van der Waals surface area contributed by atoms with Crippen LogP contribution in [0.4, 0.5) is 0 Å². The van der Waals surface area contributed by atoms with Crippen LogP contribution in [-0.4, -0.2) is 22.9 Å². The van der Waals surface area contributed by atoms with Crippen LogP contribution in [0.3, 0.4) is 0 Å². The highest BCUT2D eigenvalue weighted by atomic mass is 35.5. The van der Waals surface area contributed by atoms with Crippen molar-refractivity contribution in [1.29, 1.82) is 10.5 Å². The molecule has 1 aromatic carbocycles. The molecule has 6 nitrogen and oxygen atoms in total. The smallest absolute Gasteiger partial charge is 0.227 e. The molecule has 4 N–H and O–H groups in total. The Hall–Kier alpha value is -2.06. The highest BCUT2D eigenvalue weighted by molar-refractivity contribution is 8.14. The first-order valence-electron chi connectivity index (χ1n) is 6.77. The van der Waals surface area contributed by atoms with Crippen molar-refractivity contribution in [3.63, 3.8) is 0 Å². The molecular weight excluding hydrogens is 334 g/mol. The predicted molar refractivity (Wildman–Crippen MR) is 89.5 cm³/mol. The van der Waals surface area contributed by atoms with Gasteiger partial charge in [0.15, 0.2) is 0 Å². The van der Waals surface area contributed by atoms with E-state index in [0.717, 1.165) is 11.8 Å². The van der Waals surface area contributed by atoms with Crippen molar-refractivity contribution in [2.75, 3.05) is 5.75 Å². The van der Waals surface area contributed by atoms with E-state index in [1.807, 2.05) is 0 Å². The van der Waals surface area contributed by atoms with Gasteiger partial charge in [-0.3, -0.25) is 9.79 Å². The number of benzene rings is 1. The number of carbonyl (C=O) groups is 1. The number of halogens is 1. The first kappa shape index (κ1) is 17.3. The quantitative estimate of drug-likeness (QED) is 0.858. The predicted octanol–water partition coefficient (Wildman–Crippen LogP) is 1.62. The number of rotatable bonds is 3. The van der Waals surface area contributed by atoms with E-state index < -0.39 is 29.8 Å². The largest absolute Gasteiger partial charge is 0.369 e. The lowest BCUT2D eigenvalue weighted by Crippen LogP contribution is -2.42. The van der Waals surface area contributed by atoms with E-state index in [1.54, 1.807) is 24.3 Å². The molecule has 1 aliphatic rings. The molecule has 0 aromatic heterocycles. The van der Waals surface area contributed by atoms with Crippen LogP contribution in [0.5, 0.6) is 0 Å². The number of carbonyl (C=O) groups excluding carboxylic acids is 1. The van der Waals surface area contributed by atoms with Gasteiger partial charge in [0.2, 0.25) is 5.91 Å². The van der Waals surface area contributed by atoms with Crippen LogP contribution >= 0.6 is 23.4 Å². The van der Waals surface area contributed by atoms with Crippen molar-refractivity contribution >= 4 is 34.3 Å². The van der Waals surface area contributed by atoms with E-state index in [1.165, 1.54) is 0 Å². The maximum Gasteiger partial charge on any atom is 0.227 e. The Morgan fingerprint density at radius 2 is 2.04 bits per heavy atom. The monoisotopic (exact) mass is 347 g/mol. The van der Waals surface area contributed by atoms with E-state index in [0.29, 0.717) is 15.6 Å². The third-order valence-electron chi connectivity index (χ3n) is 3.57. The highest BCUT2D eigenvalue weighted by Crippen LogP contribution is 2.42. The molecule has 1 heterocycles. The Morgan fingerprint density at radius 1 is 1.35 bits per heavy atom. The number of hydrogen-bond acceptors (Lipinski definition) is 6. The van der Waals surface area contributed by atoms with Crippen molar-refractivity contribution < 1.29 is 4.79 Å². The van der Waals surface area contributed by atoms with Gasteiger partial charge in [0.25, 0.3) is 0 Å². The van der Waals surface area contributed by atoms with E-state index in [2.05, 4.69) is 17.1 Å². The molecule has 8 heteroatoms. The molecule has 0 saturated heterocycles. The van der Waals surface area contributed by atoms with E-state index >= 15 is 0 Å². The van der Waals surface area contributed by atoms with Crippen LogP contribution in [0, 0.1) is 34.5 Å². The molecule has 2 rings (SSSR count). The molecule has 0 saturated carbocycles. The van der Waals surface area contributed by atoms with Crippen molar-refractivity contribution in [3.8, 4) is 12.1 Å². The van der Waals surface area contributed by atoms with Crippen LogP contribution in [0.1, 0.15) is 11.5 Å². The average Bonchev–Trinajstić information content (AvgIpc) is 2.52. The molecule has 0 radical (unpaired) electrons. The number of nitrogens with two attached hydrogens (primary N) is 2. The molecule has 1 aliphatic heterocycles. The van der Waals surface area contributed by atoms with Crippen LogP contribution in [0.15, 0.2) is 29.3 Å². The fraction of sp³-hybridized carbons (Fsp3) is 0.333. The third-order valence-corrected chi connectivity index (χ3v) is 5.00. The lowest BCUT2D eigenvalue weighted by Gasteiger charge is -2.34. The standard InChI is InChI=1S/C15H14ClN5OS/c16-11-4-2-1-3-8(11)13-9(5-17)14(20)21-15(10(13)6-18)23-7-12(19)22/h1-4,9-10,13-14H,7,20H2,(H2,19,22)/t9-,10?,13-,14-/m1/s1. The number of thioether (sulfide) groups is 1. The van der Waals surface area contributed by atoms with E-state index in [4.69, 9.17) is 23.1 Å². The summed E-state index contributed by atoms with van der Waals surface area (Å²) in [5, 5.41) is 19.9. The number of nitriles is 2. The summed E-state index contributed by atoms with van der Waals surface area (Å²) in [4.78, 5) is 15.2. The van der Waals surface area contributed by atoms with Crippen molar-refractivity contribution in [1.82, 2.24) is 0 Å². The number of amides is 1. The number of aliphatic imine (C=N–C) groups is 1. The molecule has 1 amide bonds. The van der Waals surface area contributed by atoms with Gasteiger partial charge in [0.05, 0.1) is 28.9 Å².